The van der Waals surface area contributed by atoms with Gasteiger partial charge in [0.1, 0.15) is 0 Å². The van der Waals surface area contributed by atoms with Gasteiger partial charge in [-0.05, 0) is 68.1 Å². The Morgan fingerprint density at radius 1 is 1.50 bits per heavy atom. The predicted molar refractivity (Wildman–Crippen MR) is 80.1 cm³/mol. The van der Waals surface area contributed by atoms with Gasteiger partial charge >= 0.3 is 0 Å². The highest BCUT2D eigenvalue weighted by atomic mass is 32.1. The summed E-state index contributed by atoms with van der Waals surface area (Å²) in [6.45, 7) is 7.98. The van der Waals surface area contributed by atoms with Crippen LogP contribution in [-0.4, -0.2) is 30.1 Å². The van der Waals surface area contributed by atoms with Crippen molar-refractivity contribution in [2.75, 3.05) is 13.1 Å². The van der Waals surface area contributed by atoms with Crippen LogP contribution in [0.3, 0.4) is 0 Å². The predicted octanol–water partition coefficient (Wildman–Crippen LogP) is 3.49. The Kier molecular flexibility index (Phi) is 5.67. The summed E-state index contributed by atoms with van der Waals surface area (Å²) in [7, 11) is 0. The van der Waals surface area contributed by atoms with E-state index in [1.54, 1.807) is 0 Å². The van der Waals surface area contributed by atoms with Crippen molar-refractivity contribution in [2.24, 2.45) is 0 Å². The lowest BCUT2D eigenvalue weighted by molar-refractivity contribution is 0.178. The Hall–Kier alpha value is -0.380. The van der Waals surface area contributed by atoms with Crippen molar-refractivity contribution < 1.29 is 0 Å². The van der Waals surface area contributed by atoms with E-state index in [-0.39, 0.29) is 0 Å². The fourth-order valence-electron chi connectivity index (χ4n) is 2.51. The molecule has 1 aliphatic carbocycles. The minimum Gasteiger partial charge on any atom is -0.317 e. The standard InChI is InChI=1S/C15H26N2S/c1-3-16-9-4-5-13(2)17(15-6-7-15)11-14-8-10-18-12-14/h8,10,12-13,15-16H,3-7,9,11H2,1-2H3. The van der Waals surface area contributed by atoms with Crippen LogP contribution >= 0.6 is 11.3 Å². The lowest BCUT2D eigenvalue weighted by Crippen LogP contribution is -2.35. The fourth-order valence-corrected chi connectivity index (χ4v) is 3.17. The van der Waals surface area contributed by atoms with Crippen molar-refractivity contribution in [3.05, 3.63) is 22.4 Å². The number of rotatable bonds is 9. The van der Waals surface area contributed by atoms with Gasteiger partial charge in [-0.2, -0.15) is 11.3 Å². The molecule has 102 valence electrons. The van der Waals surface area contributed by atoms with Gasteiger partial charge in [-0.15, -0.1) is 0 Å². The molecule has 2 nitrogen and oxygen atoms in total. The van der Waals surface area contributed by atoms with Crippen molar-refractivity contribution in [3.8, 4) is 0 Å². The normalized spacial score (nSPS) is 17.3. The van der Waals surface area contributed by atoms with Crippen LogP contribution in [0.5, 0.6) is 0 Å². The molecule has 0 radical (unpaired) electrons. The molecule has 1 aromatic rings. The maximum Gasteiger partial charge on any atom is 0.0247 e. The van der Waals surface area contributed by atoms with Crippen LogP contribution < -0.4 is 5.32 Å². The first kappa shape index (κ1) is 14.0. The number of nitrogens with zero attached hydrogens (tertiary/aromatic N) is 1. The number of hydrogen-bond donors (Lipinski definition) is 1. The third kappa shape index (κ3) is 4.38. The molecule has 0 saturated heterocycles. The average Bonchev–Trinajstić information content (AvgIpc) is 3.08. The van der Waals surface area contributed by atoms with Crippen molar-refractivity contribution in [3.63, 3.8) is 0 Å². The molecule has 0 amide bonds. The Balaban J connectivity index is 1.77. The molecule has 0 aromatic carbocycles. The molecule has 1 aliphatic rings. The minimum absolute atomic E-state index is 0.719. The molecule has 1 saturated carbocycles. The van der Waals surface area contributed by atoms with Gasteiger partial charge in [-0.1, -0.05) is 6.92 Å². The van der Waals surface area contributed by atoms with Crippen molar-refractivity contribution in [1.29, 1.82) is 0 Å². The summed E-state index contributed by atoms with van der Waals surface area (Å²) < 4.78 is 0. The van der Waals surface area contributed by atoms with E-state index < -0.39 is 0 Å². The van der Waals surface area contributed by atoms with Gasteiger partial charge in [0.2, 0.25) is 0 Å². The monoisotopic (exact) mass is 266 g/mol. The summed E-state index contributed by atoms with van der Waals surface area (Å²) >= 11 is 1.81. The first-order chi connectivity index (χ1) is 8.81. The smallest absolute Gasteiger partial charge is 0.0247 e. The Bertz CT molecular complexity index is 319. The second kappa shape index (κ2) is 7.27. The van der Waals surface area contributed by atoms with E-state index in [0.29, 0.717) is 0 Å². The molecular formula is C15H26N2S. The van der Waals surface area contributed by atoms with E-state index in [9.17, 15) is 0 Å². The quantitative estimate of drug-likeness (QED) is 0.688. The Morgan fingerprint density at radius 3 is 2.94 bits per heavy atom. The zero-order valence-electron chi connectivity index (χ0n) is 11.7. The van der Waals surface area contributed by atoms with Crippen LogP contribution in [0.2, 0.25) is 0 Å². The van der Waals surface area contributed by atoms with E-state index in [0.717, 1.165) is 31.7 Å². The van der Waals surface area contributed by atoms with Gasteiger partial charge in [-0.3, -0.25) is 4.90 Å². The third-order valence-electron chi connectivity index (χ3n) is 3.75. The highest BCUT2D eigenvalue weighted by Crippen LogP contribution is 2.31. The maximum absolute atomic E-state index is 3.42. The average molecular weight is 266 g/mol. The lowest BCUT2D eigenvalue weighted by atomic mass is 10.1. The van der Waals surface area contributed by atoms with E-state index >= 15 is 0 Å². The summed E-state index contributed by atoms with van der Waals surface area (Å²) in [6, 6.07) is 3.85. The van der Waals surface area contributed by atoms with E-state index in [2.05, 4.69) is 40.9 Å². The minimum atomic E-state index is 0.719. The summed E-state index contributed by atoms with van der Waals surface area (Å²) in [5, 5.41) is 7.90. The SMILES string of the molecule is CCNCCCC(C)N(Cc1ccsc1)C1CC1. The van der Waals surface area contributed by atoms with Gasteiger partial charge in [0.25, 0.3) is 0 Å². The molecule has 2 rings (SSSR count). The van der Waals surface area contributed by atoms with Crippen molar-refractivity contribution in [2.45, 2.75) is 58.2 Å². The van der Waals surface area contributed by atoms with Crippen molar-refractivity contribution in [1.82, 2.24) is 10.2 Å². The largest absolute Gasteiger partial charge is 0.317 e. The molecule has 1 aromatic heterocycles. The number of nitrogens with one attached hydrogen (secondary N) is 1. The van der Waals surface area contributed by atoms with E-state index in [1.165, 1.54) is 31.2 Å². The molecule has 1 heterocycles. The first-order valence-corrected chi connectivity index (χ1v) is 8.23. The molecular weight excluding hydrogens is 240 g/mol. The highest BCUT2D eigenvalue weighted by Gasteiger charge is 2.31. The number of thiophene rings is 1. The molecule has 18 heavy (non-hydrogen) atoms. The van der Waals surface area contributed by atoms with Crippen LogP contribution in [0.4, 0.5) is 0 Å². The summed E-state index contributed by atoms with van der Waals surface area (Å²) in [4.78, 5) is 2.72. The first-order valence-electron chi connectivity index (χ1n) is 7.28. The molecule has 3 heteroatoms. The zero-order valence-corrected chi connectivity index (χ0v) is 12.5. The molecule has 1 N–H and O–H groups in total. The van der Waals surface area contributed by atoms with Crippen LogP contribution in [0.15, 0.2) is 16.8 Å². The Morgan fingerprint density at radius 2 is 2.33 bits per heavy atom. The van der Waals surface area contributed by atoms with Crippen molar-refractivity contribution >= 4 is 11.3 Å². The molecule has 0 spiro atoms. The lowest BCUT2D eigenvalue weighted by Gasteiger charge is -2.29. The summed E-state index contributed by atoms with van der Waals surface area (Å²) in [6.07, 6.45) is 5.42. The third-order valence-corrected chi connectivity index (χ3v) is 4.48. The van der Waals surface area contributed by atoms with Gasteiger partial charge in [-0.25, -0.2) is 0 Å². The topological polar surface area (TPSA) is 15.3 Å². The van der Waals surface area contributed by atoms with Crippen LogP contribution in [0.1, 0.15) is 45.1 Å². The second-order valence-corrected chi connectivity index (χ2v) is 6.16. The molecule has 1 atom stereocenters. The summed E-state index contributed by atoms with van der Waals surface area (Å²) in [5.41, 5.74) is 1.49. The molecule has 0 aliphatic heterocycles. The molecule has 1 unspecified atom stereocenters. The van der Waals surface area contributed by atoms with E-state index in [4.69, 9.17) is 0 Å². The zero-order chi connectivity index (χ0) is 12.8. The maximum atomic E-state index is 3.42. The summed E-state index contributed by atoms with van der Waals surface area (Å²) in [5.74, 6) is 0. The fraction of sp³-hybridized carbons (Fsp3) is 0.733. The van der Waals surface area contributed by atoms with Crippen LogP contribution in [-0.2, 0) is 6.54 Å². The highest BCUT2D eigenvalue weighted by molar-refractivity contribution is 7.07. The van der Waals surface area contributed by atoms with Gasteiger partial charge in [0.05, 0.1) is 0 Å². The molecule has 1 fully saturated rings. The Labute approximate surface area is 115 Å². The van der Waals surface area contributed by atoms with Gasteiger partial charge < -0.3 is 5.32 Å². The molecule has 0 bridgehead atoms. The van der Waals surface area contributed by atoms with Crippen LogP contribution in [0, 0.1) is 0 Å². The van der Waals surface area contributed by atoms with Crippen LogP contribution in [0.25, 0.3) is 0 Å². The second-order valence-electron chi connectivity index (χ2n) is 5.38. The van der Waals surface area contributed by atoms with Gasteiger partial charge in [0, 0.05) is 18.6 Å². The van der Waals surface area contributed by atoms with E-state index in [1.807, 2.05) is 11.3 Å². The number of hydrogen-bond acceptors (Lipinski definition) is 3. The van der Waals surface area contributed by atoms with Gasteiger partial charge in [0.15, 0.2) is 0 Å².